The summed E-state index contributed by atoms with van der Waals surface area (Å²) in [5.74, 6) is 0.692. The average Bonchev–Trinajstić information content (AvgIpc) is 3.10. The number of morpholine rings is 1. The molecule has 3 fully saturated rings. The average molecular weight is 686 g/mol. The van der Waals surface area contributed by atoms with Crippen LogP contribution in [0.3, 0.4) is 0 Å². The lowest BCUT2D eigenvalue weighted by molar-refractivity contribution is -0.139. The van der Waals surface area contributed by atoms with Gasteiger partial charge in [0.1, 0.15) is 5.69 Å². The van der Waals surface area contributed by atoms with Crippen LogP contribution in [-0.4, -0.2) is 103 Å². The molecule has 0 spiro atoms. The number of amides is 3. The number of hydrogen-bond donors (Lipinski definition) is 1. The number of likely N-dealkylation sites (tertiary alicyclic amines) is 1. The maximum Gasteiger partial charge on any atom is 0.416 e. The molecule has 266 valence electrons. The van der Waals surface area contributed by atoms with Crippen LogP contribution in [-0.2, 0) is 27.0 Å². The highest BCUT2D eigenvalue weighted by Crippen LogP contribution is 2.35. The van der Waals surface area contributed by atoms with Crippen molar-refractivity contribution in [3.63, 3.8) is 0 Å². The Hall–Kier alpha value is -3.71. The van der Waals surface area contributed by atoms with Crippen LogP contribution < -0.4 is 10.1 Å². The van der Waals surface area contributed by atoms with Crippen molar-refractivity contribution in [2.24, 2.45) is 23.7 Å². The van der Waals surface area contributed by atoms with Crippen molar-refractivity contribution in [2.75, 3.05) is 65.6 Å². The predicted molar refractivity (Wildman–Crippen MR) is 174 cm³/mol. The number of aromatic nitrogens is 1. The Morgan fingerprint density at radius 2 is 1.67 bits per heavy atom. The molecular formula is C36H46F3N5O5. The number of nitrogens with zero attached hydrogens (tertiary/aromatic N) is 4. The van der Waals surface area contributed by atoms with Gasteiger partial charge in [0, 0.05) is 64.7 Å². The first-order valence-corrected chi connectivity index (χ1v) is 17.5. The summed E-state index contributed by atoms with van der Waals surface area (Å²) in [7, 11) is 0. The molecule has 4 aliphatic heterocycles. The number of halogens is 3. The van der Waals surface area contributed by atoms with Gasteiger partial charge in [-0.05, 0) is 79.7 Å². The van der Waals surface area contributed by atoms with Crippen LogP contribution in [0.15, 0.2) is 42.5 Å². The Labute approximate surface area is 285 Å². The van der Waals surface area contributed by atoms with Gasteiger partial charge in [0.2, 0.25) is 17.7 Å². The van der Waals surface area contributed by atoms with Crippen LogP contribution in [0.25, 0.3) is 0 Å². The van der Waals surface area contributed by atoms with E-state index in [1.807, 2.05) is 9.80 Å². The molecule has 1 aromatic carbocycles. The third-order valence-electron chi connectivity index (χ3n) is 10.6. The largest absolute Gasteiger partial charge is 0.478 e. The molecule has 4 bridgehead atoms. The van der Waals surface area contributed by atoms with Gasteiger partial charge >= 0.3 is 6.18 Å². The number of carbonyl (C=O) groups is 3. The van der Waals surface area contributed by atoms with Crippen molar-refractivity contribution in [3.8, 4) is 5.88 Å². The van der Waals surface area contributed by atoms with Crippen molar-refractivity contribution < 1.29 is 37.0 Å². The van der Waals surface area contributed by atoms with Crippen LogP contribution in [0.1, 0.15) is 60.1 Å². The number of alkyl halides is 3. The smallest absolute Gasteiger partial charge is 0.416 e. The minimum Gasteiger partial charge on any atom is -0.478 e. The number of piperidine rings is 2. The van der Waals surface area contributed by atoms with Crippen LogP contribution >= 0.6 is 0 Å². The van der Waals surface area contributed by atoms with E-state index in [2.05, 4.69) is 15.2 Å². The van der Waals surface area contributed by atoms with Crippen LogP contribution in [0, 0.1) is 23.7 Å². The maximum atomic E-state index is 13.9. The summed E-state index contributed by atoms with van der Waals surface area (Å²) in [5, 5.41) is 2.98. The number of benzene rings is 1. The Morgan fingerprint density at radius 3 is 2.45 bits per heavy atom. The van der Waals surface area contributed by atoms with Gasteiger partial charge < -0.3 is 24.6 Å². The molecule has 4 aliphatic rings. The van der Waals surface area contributed by atoms with Crippen LogP contribution in [0.5, 0.6) is 5.88 Å². The van der Waals surface area contributed by atoms with Gasteiger partial charge in [-0.15, -0.1) is 0 Å². The fourth-order valence-electron chi connectivity index (χ4n) is 7.77. The van der Waals surface area contributed by atoms with Gasteiger partial charge in [0.05, 0.1) is 25.4 Å². The molecule has 49 heavy (non-hydrogen) atoms. The molecule has 2 aromatic rings. The summed E-state index contributed by atoms with van der Waals surface area (Å²) >= 11 is 0. The first-order valence-electron chi connectivity index (χ1n) is 17.5. The monoisotopic (exact) mass is 685 g/mol. The summed E-state index contributed by atoms with van der Waals surface area (Å²) in [5.41, 5.74) is 0.396. The minimum atomic E-state index is -4.38. The second-order valence-electron chi connectivity index (χ2n) is 13.8. The van der Waals surface area contributed by atoms with E-state index in [-0.39, 0.29) is 47.1 Å². The Kier molecular flexibility index (Phi) is 11.4. The van der Waals surface area contributed by atoms with E-state index in [4.69, 9.17) is 9.47 Å². The van der Waals surface area contributed by atoms with Gasteiger partial charge in [-0.2, -0.15) is 13.2 Å². The van der Waals surface area contributed by atoms with E-state index in [9.17, 15) is 27.6 Å². The molecule has 0 saturated carbocycles. The number of nitrogens with one attached hydrogen (secondary N) is 1. The topological polar surface area (TPSA) is 104 Å². The van der Waals surface area contributed by atoms with Crippen molar-refractivity contribution in [1.29, 1.82) is 0 Å². The van der Waals surface area contributed by atoms with Gasteiger partial charge in [-0.1, -0.05) is 18.2 Å². The normalized spacial score (nSPS) is 26.3. The quantitative estimate of drug-likeness (QED) is 0.514. The Balaban J connectivity index is 1.16. The number of hydrogen-bond acceptors (Lipinski definition) is 7. The molecule has 4 atom stereocenters. The lowest BCUT2D eigenvalue weighted by Gasteiger charge is -2.42. The number of carbonyl (C=O) groups excluding carboxylic acids is 3. The van der Waals surface area contributed by atoms with E-state index in [1.54, 1.807) is 18.2 Å². The van der Waals surface area contributed by atoms with E-state index in [0.29, 0.717) is 97.2 Å². The Morgan fingerprint density at radius 1 is 0.878 bits per heavy atom. The zero-order valence-electron chi connectivity index (χ0n) is 27.8. The fraction of sp³-hybridized carbons (Fsp3) is 0.611. The molecule has 1 N–H and O–H groups in total. The SMILES string of the molecule is O=C1NCC[C@H]2CN(Cc3ccc(C(F)(F)F)cc3)CC[C@H]2CC(=O)N2CC[C@@H](CC(=O)N3CCOCC3)[C@@H](CCOc3cccc1n3)C2. The van der Waals surface area contributed by atoms with Crippen molar-refractivity contribution in [2.45, 2.75) is 51.2 Å². The van der Waals surface area contributed by atoms with Crippen LogP contribution in [0.2, 0.25) is 0 Å². The molecule has 0 unspecified atom stereocenters. The fourth-order valence-corrected chi connectivity index (χ4v) is 7.77. The summed E-state index contributed by atoms with van der Waals surface area (Å²) < 4.78 is 50.7. The molecule has 3 saturated heterocycles. The van der Waals surface area contributed by atoms with Crippen LogP contribution in [0.4, 0.5) is 13.2 Å². The maximum absolute atomic E-state index is 13.9. The summed E-state index contributed by atoms with van der Waals surface area (Å²) in [6.45, 7) is 6.14. The molecule has 10 nitrogen and oxygen atoms in total. The molecular weight excluding hydrogens is 639 g/mol. The zero-order valence-corrected chi connectivity index (χ0v) is 27.8. The van der Waals surface area contributed by atoms with E-state index >= 15 is 0 Å². The molecule has 1 aromatic heterocycles. The Bertz CT molecular complexity index is 1450. The molecule has 5 heterocycles. The van der Waals surface area contributed by atoms with Crippen molar-refractivity contribution in [1.82, 2.24) is 25.0 Å². The summed E-state index contributed by atoms with van der Waals surface area (Å²) in [6, 6.07) is 10.4. The molecule has 13 heteroatoms. The highest BCUT2D eigenvalue weighted by molar-refractivity contribution is 5.92. The number of pyridine rings is 1. The number of ether oxygens (including phenoxy) is 2. The van der Waals surface area contributed by atoms with E-state index < -0.39 is 11.7 Å². The third-order valence-corrected chi connectivity index (χ3v) is 10.6. The molecule has 0 radical (unpaired) electrons. The van der Waals surface area contributed by atoms with Crippen molar-refractivity contribution >= 4 is 17.7 Å². The molecule has 0 aliphatic carbocycles. The van der Waals surface area contributed by atoms with Gasteiger partial charge in [0.25, 0.3) is 5.91 Å². The second-order valence-corrected chi connectivity index (χ2v) is 13.8. The summed E-state index contributed by atoms with van der Waals surface area (Å²) in [6.07, 6.45) is -0.735. The summed E-state index contributed by atoms with van der Waals surface area (Å²) in [4.78, 5) is 50.7. The van der Waals surface area contributed by atoms with Gasteiger partial charge in [0.15, 0.2) is 0 Å². The standard InChI is InChI=1S/C36H46F3N5O5/c37-36(38,39)30-6-4-25(5-7-30)22-42-13-9-26-21-34(46)44-14-10-27(20-33(45)43-15-18-48-19-16-43)29(24-44)11-17-49-32-3-1-2-31(41-32)35(47)40-12-8-28(26)23-42/h1-7,26-29H,8-24H2,(H,40,47)/t26-,27-,28-,29-/m0/s1. The highest BCUT2D eigenvalue weighted by atomic mass is 19.4. The predicted octanol–water partition coefficient (Wildman–Crippen LogP) is 4.24. The lowest BCUT2D eigenvalue weighted by Crippen LogP contribution is -2.48. The zero-order chi connectivity index (χ0) is 34.4. The van der Waals surface area contributed by atoms with Gasteiger partial charge in [-0.3, -0.25) is 19.3 Å². The third kappa shape index (κ3) is 9.30. The molecule has 6 rings (SSSR count). The first-order chi connectivity index (χ1) is 23.6. The van der Waals surface area contributed by atoms with E-state index in [1.165, 1.54) is 12.1 Å². The minimum absolute atomic E-state index is 0.0752. The second kappa shape index (κ2) is 15.9. The number of fused-ring (bicyclic) bond motifs is 5. The number of rotatable bonds is 4. The van der Waals surface area contributed by atoms with Crippen molar-refractivity contribution in [3.05, 3.63) is 59.3 Å². The first kappa shape index (κ1) is 35.1. The lowest BCUT2D eigenvalue weighted by atomic mass is 9.79. The van der Waals surface area contributed by atoms with Gasteiger partial charge in [-0.25, -0.2) is 4.98 Å². The highest BCUT2D eigenvalue weighted by Gasteiger charge is 2.37. The van der Waals surface area contributed by atoms with E-state index in [0.717, 1.165) is 37.1 Å². The molecule has 3 amide bonds.